The molecule has 1 N–H and O–H groups in total. The minimum Gasteiger partial charge on any atom is -0.493 e. The van der Waals surface area contributed by atoms with Gasteiger partial charge < -0.3 is 14.5 Å². The van der Waals surface area contributed by atoms with Crippen molar-refractivity contribution in [3.8, 4) is 22.9 Å². The molecular formula is C25H21Cl3N2O3S. The van der Waals surface area contributed by atoms with Gasteiger partial charge in [-0.3, -0.25) is 4.79 Å². The molecule has 1 aliphatic rings. The van der Waals surface area contributed by atoms with Crippen LogP contribution in [-0.4, -0.2) is 17.1 Å². The zero-order valence-corrected chi connectivity index (χ0v) is 21.6. The standard InChI is InChI=1S/C25H21Cl3N2O3S/c1-12-6-7-14-20(8-12)34-25-21(14)24(31)29-23(30-25)13-9-18(28)22(19(10-13)32-2)33-11-15-16(26)4-3-5-17(15)27/h3-5,9-10,12H,6-8,11H2,1-2H3,(H,29,30,31)/t12-/m1/s1. The molecule has 0 aliphatic heterocycles. The van der Waals surface area contributed by atoms with Crippen molar-refractivity contribution in [2.24, 2.45) is 5.92 Å². The van der Waals surface area contributed by atoms with Crippen molar-refractivity contribution in [2.45, 2.75) is 32.8 Å². The summed E-state index contributed by atoms with van der Waals surface area (Å²) >= 11 is 20.7. The molecular weight excluding hydrogens is 515 g/mol. The summed E-state index contributed by atoms with van der Waals surface area (Å²) in [6, 6.07) is 8.71. The third-order valence-electron chi connectivity index (χ3n) is 6.09. The Morgan fingerprint density at radius 2 is 1.94 bits per heavy atom. The van der Waals surface area contributed by atoms with Crippen LogP contribution in [-0.2, 0) is 19.4 Å². The molecule has 0 saturated carbocycles. The molecule has 0 fully saturated rings. The Balaban J connectivity index is 1.51. The highest BCUT2D eigenvalue weighted by molar-refractivity contribution is 7.18. The largest absolute Gasteiger partial charge is 0.493 e. The van der Waals surface area contributed by atoms with E-state index < -0.39 is 0 Å². The Hall–Kier alpha value is -2.25. The molecule has 2 heterocycles. The first-order valence-corrected chi connectivity index (χ1v) is 12.8. The second-order valence-corrected chi connectivity index (χ2v) is 10.7. The minimum absolute atomic E-state index is 0.119. The zero-order chi connectivity index (χ0) is 24.0. The van der Waals surface area contributed by atoms with E-state index in [0.29, 0.717) is 54.8 Å². The Kier molecular flexibility index (Phi) is 6.51. The number of nitrogens with zero attached hydrogens (tertiary/aromatic N) is 1. The highest BCUT2D eigenvalue weighted by Crippen LogP contribution is 2.41. The number of H-pyrrole nitrogens is 1. The number of aromatic amines is 1. The fraction of sp³-hybridized carbons (Fsp3) is 0.280. The van der Waals surface area contributed by atoms with E-state index >= 15 is 0 Å². The van der Waals surface area contributed by atoms with Gasteiger partial charge in [0.15, 0.2) is 11.5 Å². The lowest BCUT2D eigenvalue weighted by molar-refractivity contribution is 0.285. The van der Waals surface area contributed by atoms with E-state index in [1.165, 1.54) is 12.0 Å². The molecule has 1 atom stereocenters. The number of hydrogen-bond acceptors (Lipinski definition) is 5. The van der Waals surface area contributed by atoms with Gasteiger partial charge in [-0.1, -0.05) is 47.8 Å². The van der Waals surface area contributed by atoms with Crippen LogP contribution < -0.4 is 15.0 Å². The van der Waals surface area contributed by atoms with Crippen LogP contribution in [0.2, 0.25) is 15.1 Å². The molecule has 5 rings (SSSR count). The van der Waals surface area contributed by atoms with Crippen LogP contribution in [0.5, 0.6) is 11.5 Å². The number of ether oxygens (including phenoxy) is 2. The third kappa shape index (κ3) is 4.29. The maximum atomic E-state index is 13.0. The average Bonchev–Trinajstić information content (AvgIpc) is 3.17. The van der Waals surface area contributed by atoms with Gasteiger partial charge in [-0.15, -0.1) is 11.3 Å². The van der Waals surface area contributed by atoms with Gasteiger partial charge in [-0.25, -0.2) is 4.98 Å². The van der Waals surface area contributed by atoms with Gasteiger partial charge in [0, 0.05) is 26.0 Å². The molecule has 0 saturated heterocycles. The second kappa shape index (κ2) is 9.42. The molecule has 0 bridgehead atoms. The summed E-state index contributed by atoms with van der Waals surface area (Å²) in [5.41, 5.74) is 2.30. The van der Waals surface area contributed by atoms with E-state index in [-0.39, 0.29) is 12.2 Å². The highest BCUT2D eigenvalue weighted by Gasteiger charge is 2.24. The van der Waals surface area contributed by atoms with Gasteiger partial charge in [0.25, 0.3) is 5.56 Å². The molecule has 4 aromatic rings. The molecule has 5 nitrogen and oxygen atoms in total. The van der Waals surface area contributed by atoms with Crippen molar-refractivity contribution in [1.29, 1.82) is 0 Å². The maximum Gasteiger partial charge on any atom is 0.260 e. The van der Waals surface area contributed by atoms with Crippen molar-refractivity contribution < 1.29 is 9.47 Å². The number of aryl methyl sites for hydroxylation is 1. The Bertz CT molecular complexity index is 1440. The predicted molar refractivity (Wildman–Crippen MR) is 139 cm³/mol. The first-order valence-electron chi connectivity index (χ1n) is 10.8. The SMILES string of the molecule is COc1cc(-c2nc3sc4c(c3c(=O)[nH]2)CC[C@@H](C)C4)cc(Cl)c1OCc1c(Cl)cccc1Cl. The number of hydrogen-bond donors (Lipinski definition) is 1. The molecule has 176 valence electrons. The smallest absolute Gasteiger partial charge is 0.260 e. The van der Waals surface area contributed by atoms with Gasteiger partial charge in [0.05, 0.1) is 17.5 Å². The maximum absolute atomic E-state index is 13.0. The van der Waals surface area contributed by atoms with E-state index in [1.807, 2.05) is 0 Å². The molecule has 0 spiro atoms. The molecule has 2 aromatic carbocycles. The zero-order valence-electron chi connectivity index (χ0n) is 18.5. The lowest BCUT2D eigenvalue weighted by Gasteiger charge is -2.17. The van der Waals surface area contributed by atoms with Gasteiger partial charge in [-0.05, 0) is 55.0 Å². The fourth-order valence-corrected chi connectivity index (χ4v) is 6.45. The summed E-state index contributed by atoms with van der Waals surface area (Å²) in [7, 11) is 1.53. The average molecular weight is 536 g/mol. The Morgan fingerprint density at radius 3 is 2.68 bits per heavy atom. The van der Waals surface area contributed by atoms with E-state index in [9.17, 15) is 4.79 Å². The van der Waals surface area contributed by atoms with Gasteiger partial charge in [0.1, 0.15) is 17.3 Å². The highest BCUT2D eigenvalue weighted by atomic mass is 35.5. The molecule has 2 aromatic heterocycles. The Labute approximate surface area is 215 Å². The van der Waals surface area contributed by atoms with Gasteiger partial charge in [0.2, 0.25) is 0 Å². The summed E-state index contributed by atoms with van der Waals surface area (Å²) in [5, 5.41) is 2.04. The van der Waals surface area contributed by atoms with Gasteiger partial charge in [-0.2, -0.15) is 0 Å². The summed E-state index contributed by atoms with van der Waals surface area (Å²) in [6.07, 6.45) is 3.00. The number of aromatic nitrogens is 2. The molecule has 9 heteroatoms. The summed E-state index contributed by atoms with van der Waals surface area (Å²) in [4.78, 5) is 22.7. The summed E-state index contributed by atoms with van der Waals surface area (Å²) in [5.74, 6) is 1.82. The van der Waals surface area contributed by atoms with E-state index in [0.717, 1.165) is 29.7 Å². The normalized spacial score (nSPS) is 15.4. The van der Waals surface area contributed by atoms with Crippen molar-refractivity contribution in [2.75, 3.05) is 7.11 Å². The van der Waals surface area contributed by atoms with E-state index in [4.69, 9.17) is 49.3 Å². The third-order valence-corrected chi connectivity index (χ3v) is 8.23. The molecule has 0 amide bonds. The van der Waals surface area contributed by atoms with E-state index in [2.05, 4.69) is 11.9 Å². The van der Waals surface area contributed by atoms with Crippen LogP contribution in [0.1, 0.15) is 29.3 Å². The monoisotopic (exact) mass is 534 g/mol. The topological polar surface area (TPSA) is 64.2 Å². The number of thiophene rings is 1. The quantitative estimate of drug-likeness (QED) is 0.291. The fourth-order valence-electron chi connectivity index (χ4n) is 4.30. The van der Waals surface area contributed by atoms with Crippen LogP contribution in [0.25, 0.3) is 21.6 Å². The first-order chi connectivity index (χ1) is 16.4. The minimum atomic E-state index is -0.129. The second-order valence-electron chi connectivity index (χ2n) is 8.42. The molecule has 0 unspecified atom stereocenters. The molecule has 34 heavy (non-hydrogen) atoms. The number of rotatable bonds is 5. The van der Waals surface area contributed by atoms with Crippen LogP contribution in [0.15, 0.2) is 35.1 Å². The number of benzene rings is 2. The van der Waals surface area contributed by atoms with Crippen LogP contribution >= 0.6 is 46.1 Å². The summed E-state index contributed by atoms with van der Waals surface area (Å²) < 4.78 is 11.5. The van der Waals surface area contributed by atoms with Crippen molar-refractivity contribution >= 4 is 56.4 Å². The number of fused-ring (bicyclic) bond motifs is 3. The Morgan fingerprint density at radius 1 is 1.18 bits per heavy atom. The number of methoxy groups -OCH3 is 1. The lowest BCUT2D eigenvalue weighted by atomic mass is 9.89. The predicted octanol–water partition coefficient (Wildman–Crippen LogP) is 7.32. The molecule has 0 radical (unpaired) electrons. The van der Waals surface area contributed by atoms with Crippen molar-refractivity contribution in [3.05, 3.63) is 71.8 Å². The van der Waals surface area contributed by atoms with E-state index in [1.54, 1.807) is 41.7 Å². The number of halogens is 3. The number of nitrogens with one attached hydrogen (secondary N) is 1. The van der Waals surface area contributed by atoms with Crippen LogP contribution in [0.4, 0.5) is 0 Å². The van der Waals surface area contributed by atoms with Crippen molar-refractivity contribution in [3.63, 3.8) is 0 Å². The van der Waals surface area contributed by atoms with Crippen LogP contribution in [0.3, 0.4) is 0 Å². The van der Waals surface area contributed by atoms with Crippen LogP contribution in [0, 0.1) is 5.92 Å². The lowest BCUT2D eigenvalue weighted by Crippen LogP contribution is -2.13. The van der Waals surface area contributed by atoms with Gasteiger partial charge >= 0.3 is 0 Å². The first kappa shape index (κ1) is 23.5. The summed E-state index contributed by atoms with van der Waals surface area (Å²) in [6.45, 7) is 2.36. The molecule has 1 aliphatic carbocycles. The van der Waals surface area contributed by atoms with Crippen molar-refractivity contribution in [1.82, 2.24) is 9.97 Å².